The summed E-state index contributed by atoms with van der Waals surface area (Å²) in [5, 5.41) is 2.88. The molecule has 0 aliphatic heterocycles. The third kappa shape index (κ3) is 4.23. The number of allylic oxidation sites excluding steroid dienone is 1. The van der Waals surface area contributed by atoms with E-state index in [4.69, 9.17) is 5.90 Å². The van der Waals surface area contributed by atoms with Crippen LogP contribution in [0.1, 0.15) is 20.8 Å². The van der Waals surface area contributed by atoms with Crippen LogP contribution in [0.15, 0.2) is 16.8 Å². The number of hydrogen-bond acceptors (Lipinski definition) is 4. The molecule has 0 aromatic rings. The molecule has 0 aliphatic rings. The average molecular weight is 171 g/mol. The molecule has 0 saturated carbocycles. The molecule has 0 bridgehead atoms. The summed E-state index contributed by atoms with van der Waals surface area (Å²) in [6, 6.07) is 0. The zero-order valence-corrected chi connectivity index (χ0v) is 8.09. The van der Waals surface area contributed by atoms with E-state index in [1.54, 1.807) is 26.4 Å². The van der Waals surface area contributed by atoms with Crippen molar-refractivity contribution in [2.24, 2.45) is 10.9 Å². The highest BCUT2D eigenvalue weighted by molar-refractivity contribution is 5.68. The van der Waals surface area contributed by atoms with Crippen LogP contribution in [0.4, 0.5) is 0 Å². The maximum atomic E-state index is 5.06. The van der Waals surface area contributed by atoms with E-state index < -0.39 is 5.72 Å². The van der Waals surface area contributed by atoms with Crippen molar-refractivity contribution in [3.63, 3.8) is 0 Å². The summed E-state index contributed by atoms with van der Waals surface area (Å²) < 4.78 is 0. The Morgan fingerprint density at radius 1 is 1.58 bits per heavy atom. The lowest BCUT2D eigenvalue weighted by molar-refractivity contribution is 0.00402. The van der Waals surface area contributed by atoms with E-state index >= 15 is 0 Å². The quantitative estimate of drug-likeness (QED) is 0.374. The first-order valence-electron chi connectivity index (χ1n) is 3.78. The monoisotopic (exact) mass is 171 g/mol. The molecule has 12 heavy (non-hydrogen) atoms. The van der Waals surface area contributed by atoms with Crippen molar-refractivity contribution in [3.8, 4) is 0 Å². The molecule has 0 amide bonds. The van der Waals surface area contributed by atoms with E-state index in [2.05, 4.69) is 15.1 Å². The Bertz CT molecular complexity index is 179. The Labute approximate surface area is 73.5 Å². The molecule has 0 heterocycles. The molecule has 1 atom stereocenters. The molecule has 0 saturated heterocycles. The van der Waals surface area contributed by atoms with E-state index in [0.29, 0.717) is 0 Å². The predicted molar refractivity (Wildman–Crippen MR) is 50.7 cm³/mol. The van der Waals surface area contributed by atoms with Crippen molar-refractivity contribution < 1.29 is 4.84 Å². The molecule has 0 radical (unpaired) electrons. The van der Waals surface area contributed by atoms with Gasteiger partial charge in [-0.2, -0.15) is 0 Å². The predicted octanol–water partition coefficient (Wildman–Crippen LogP) is 0.807. The van der Waals surface area contributed by atoms with E-state index in [1.165, 1.54) is 0 Å². The van der Waals surface area contributed by atoms with Gasteiger partial charge in [0.1, 0.15) is 0 Å². The van der Waals surface area contributed by atoms with Crippen LogP contribution in [0.5, 0.6) is 0 Å². The molecule has 0 aromatic heterocycles. The lowest BCUT2D eigenvalue weighted by atomic mass is 10.3. The SMILES string of the molecule is CNC(C)(/C=N\C=C(C)C)ON. The zero-order valence-electron chi connectivity index (χ0n) is 8.09. The Hall–Kier alpha value is -0.710. The highest BCUT2D eigenvalue weighted by Gasteiger charge is 2.17. The summed E-state index contributed by atoms with van der Waals surface area (Å²) in [5.41, 5.74) is 0.438. The maximum absolute atomic E-state index is 5.06. The van der Waals surface area contributed by atoms with E-state index in [0.717, 1.165) is 5.57 Å². The van der Waals surface area contributed by atoms with Gasteiger partial charge in [0.05, 0.1) is 6.21 Å². The zero-order chi connectivity index (χ0) is 9.61. The molecule has 0 fully saturated rings. The second kappa shape index (κ2) is 5.03. The van der Waals surface area contributed by atoms with Gasteiger partial charge in [-0.25, -0.2) is 5.90 Å². The van der Waals surface area contributed by atoms with Crippen LogP contribution in [-0.2, 0) is 4.84 Å². The standard InChI is InChI=1S/C8H17N3O/c1-7(2)5-11-6-8(3,10-4)12-9/h5-6,10H,9H2,1-4H3/b11-6-. The van der Waals surface area contributed by atoms with Gasteiger partial charge in [0.25, 0.3) is 0 Å². The van der Waals surface area contributed by atoms with E-state index in [-0.39, 0.29) is 0 Å². The fourth-order valence-electron chi connectivity index (χ4n) is 0.482. The fourth-order valence-corrected chi connectivity index (χ4v) is 0.482. The second-order valence-electron chi connectivity index (χ2n) is 2.96. The normalized spacial score (nSPS) is 16.1. The van der Waals surface area contributed by atoms with Crippen molar-refractivity contribution in [2.75, 3.05) is 7.05 Å². The van der Waals surface area contributed by atoms with Crippen LogP contribution in [0.25, 0.3) is 0 Å². The van der Waals surface area contributed by atoms with Gasteiger partial charge in [-0.1, -0.05) is 5.57 Å². The number of nitrogens with two attached hydrogens (primary N) is 1. The molecular weight excluding hydrogens is 154 g/mol. The molecule has 0 spiro atoms. The smallest absolute Gasteiger partial charge is 0.172 e. The Morgan fingerprint density at radius 2 is 2.17 bits per heavy atom. The number of nitrogens with zero attached hydrogens (tertiary/aromatic N) is 1. The summed E-state index contributed by atoms with van der Waals surface area (Å²) in [7, 11) is 1.75. The summed E-state index contributed by atoms with van der Waals surface area (Å²) in [5.74, 6) is 5.06. The van der Waals surface area contributed by atoms with Crippen LogP contribution in [0.3, 0.4) is 0 Å². The first-order valence-corrected chi connectivity index (χ1v) is 3.78. The molecule has 0 aromatic carbocycles. The highest BCUT2D eigenvalue weighted by Crippen LogP contribution is 1.98. The molecule has 70 valence electrons. The largest absolute Gasteiger partial charge is 0.287 e. The van der Waals surface area contributed by atoms with Crippen molar-refractivity contribution in [1.82, 2.24) is 5.32 Å². The van der Waals surface area contributed by atoms with Gasteiger partial charge in [-0.05, 0) is 27.8 Å². The molecule has 3 N–H and O–H groups in total. The molecule has 0 rings (SSSR count). The van der Waals surface area contributed by atoms with Crippen LogP contribution < -0.4 is 11.2 Å². The number of nitrogens with one attached hydrogen (secondary N) is 1. The van der Waals surface area contributed by atoms with Crippen LogP contribution in [0.2, 0.25) is 0 Å². The molecule has 1 unspecified atom stereocenters. The first-order chi connectivity index (χ1) is 5.54. The Kier molecular flexibility index (Phi) is 4.73. The second-order valence-corrected chi connectivity index (χ2v) is 2.96. The maximum Gasteiger partial charge on any atom is 0.172 e. The van der Waals surface area contributed by atoms with Gasteiger partial charge < -0.3 is 0 Å². The first kappa shape index (κ1) is 11.3. The number of rotatable bonds is 4. The molecule has 4 heteroatoms. The van der Waals surface area contributed by atoms with Gasteiger partial charge in [-0.15, -0.1) is 0 Å². The minimum absolute atomic E-state index is 0.689. The minimum atomic E-state index is -0.689. The summed E-state index contributed by atoms with van der Waals surface area (Å²) in [6.07, 6.45) is 3.36. The lowest BCUT2D eigenvalue weighted by Crippen LogP contribution is -2.46. The third-order valence-electron chi connectivity index (χ3n) is 1.39. The number of aliphatic imine (C=N–C) groups is 1. The molecular formula is C8H17N3O. The Balaban J connectivity index is 4.20. The minimum Gasteiger partial charge on any atom is -0.287 e. The summed E-state index contributed by atoms with van der Waals surface area (Å²) in [4.78, 5) is 8.71. The van der Waals surface area contributed by atoms with Gasteiger partial charge in [-0.3, -0.25) is 15.1 Å². The third-order valence-corrected chi connectivity index (χ3v) is 1.39. The van der Waals surface area contributed by atoms with Crippen LogP contribution >= 0.6 is 0 Å². The molecule has 4 nitrogen and oxygen atoms in total. The highest BCUT2D eigenvalue weighted by atomic mass is 16.6. The van der Waals surface area contributed by atoms with Crippen molar-refractivity contribution in [1.29, 1.82) is 0 Å². The van der Waals surface area contributed by atoms with Crippen molar-refractivity contribution in [2.45, 2.75) is 26.5 Å². The van der Waals surface area contributed by atoms with Gasteiger partial charge in [0.15, 0.2) is 5.72 Å². The average Bonchev–Trinajstić information content (AvgIpc) is 2.03. The lowest BCUT2D eigenvalue weighted by Gasteiger charge is -2.20. The topological polar surface area (TPSA) is 59.6 Å². The van der Waals surface area contributed by atoms with E-state index in [1.807, 2.05) is 13.8 Å². The van der Waals surface area contributed by atoms with Crippen LogP contribution in [-0.4, -0.2) is 19.0 Å². The van der Waals surface area contributed by atoms with Crippen molar-refractivity contribution in [3.05, 3.63) is 11.8 Å². The van der Waals surface area contributed by atoms with Crippen LogP contribution in [0, 0.1) is 0 Å². The van der Waals surface area contributed by atoms with Gasteiger partial charge in [0, 0.05) is 6.20 Å². The van der Waals surface area contributed by atoms with Crippen molar-refractivity contribution >= 4 is 6.21 Å². The van der Waals surface area contributed by atoms with E-state index in [9.17, 15) is 0 Å². The fraction of sp³-hybridized carbons (Fsp3) is 0.625. The number of hydrogen-bond donors (Lipinski definition) is 2. The summed E-state index contributed by atoms with van der Waals surface area (Å²) >= 11 is 0. The van der Waals surface area contributed by atoms with Gasteiger partial charge >= 0.3 is 0 Å². The Morgan fingerprint density at radius 3 is 2.50 bits per heavy atom. The summed E-state index contributed by atoms with van der Waals surface area (Å²) in [6.45, 7) is 5.73. The van der Waals surface area contributed by atoms with Gasteiger partial charge in [0.2, 0.25) is 0 Å². The molecule has 0 aliphatic carbocycles.